The van der Waals surface area contributed by atoms with Gasteiger partial charge in [0, 0.05) is 65.0 Å². The van der Waals surface area contributed by atoms with E-state index in [0.29, 0.717) is 56.6 Å². The third-order valence-electron chi connectivity index (χ3n) is 6.42. The molecule has 0 spiro atoms. The number of anilines is 1. The van der Waals surface area contributed by atoms with Crippen LogP contribution in [0.15, 0.2) is 46.0 Å². The van der Waals surface area contributed by atoms with Crippen LogP contribution in [0.5, 0.6) is 5.75 Å². The summed E-state index contributed by atoms with van der Waals surface area (Å²) in [4.78, 5) is 18.5. The van der Waals surface area contributed by atoms with Crippen LogP contribution < -0.4 is 4.90 Å². The second-order valence-corrected chi connectivity index (χ2v) is 12.0. The van der Waals surface area contributed by atoms with Crippen molar-refractivity contribution < 1.29 is 23.1 Å². The summed E-state index contributed by atoms with van der Waals surface area (Å²) in [6, 6.07) is 10.2. The molecule has 2 aliphatic rings. The molecular formula is C23H32N4O5S2. The smallest absolute Gasteiger partial charge is 0.252 e. The highest BCUT2D eigenvalue weighted by Crippen LogP contribution is 2.28. The predicted octanol–water partition coefficient (Wildman–Crippen LogP) is 1.51. The monoisotopic (exact) mass is 508 g/mol. The number of hydrogen-bond donors (Lipinski definition) is 1. The van der Waals surface area contributed by atoms with Crippen LogP contribution in [0.3, 0.4) is 0 Å². The van der Waals surface area contributed by atoms with Crippen molar-refractivity contribution in [1.82, 2.24) is 14.1 Å². The van der Waals surface area contributed by atoms with Crippen molar-refractivity contribution in [2.45, 2.75) is 22.7 Å². The molecule has 34 heavy (non-hydrogen) atoms. The van der Waals surface area contributed by atoms with Crippen molar-refractivity contribution in [1.29, 1.82) is 0 Å². The Kier molecular flexibility index (Phi) is 7.78. The number of ether oxygens (including phenoxy) is 1. The molecule has 2 aliphatic heterocycles. The van der Waals surface area contributed by atoms with Crippen LogP contribution in [0.4, 0.5) is 5.69 Å². The lowest BCUT2D eigenvalue weighted by molar-refractivity contribution is -0.131. The zero-order valence-electron chi connectivity index (χ0n) is 19.5. The van der Waals surface area contributed by atoms with Crippen molar-refractivity contribution in [2.24, 2.45) is 0 Å². The number of amides is 1. The molecule has 2 atom stereocenters. The minimum absolute atomic E-state index is 0.0430. The Balaban J connectivity index is 1.58. The number of benzene rings is 1. The molecule has 0 radical (unpaired) electrons. The van der Waals surface area contributed by atoms with E-state index in [1.165, 1.54) is 11.3 Å². The van der Waals surface area contributed by atoms with Gasteiger partial charge in [-0.1, -0.05) is 6.07 Å². The van der Waals surface area contributed by atoms with Crippen molar-refractivity contribution >= 4 is 33.0 Å². The maximum absolute atomic E-state index is 13.3. The number of hydrogen-bond acceptors (Lipinski definition) is 8. The lowest BCUT2D eigenvalue weighted by Crippen LogP contribution is -2.60. The highest BCUT2D eigenvalue weighted by Gasteiger charge is 2.37. The highest BCUT2D eigenvalue weighted by molar-refractivity contribution is 7.91. The molecule has 186 valence electrons. The normalized spacial score (nSPS) is 22.6. The number of aromatic hydroxyl groups is 1. The van der Waals surface area contributed by atoms with E-state index in [2.05, 4.69) is 9.80 Å². The molecule has 3 heterocycles. The summed E-state index contributed by atoms with van der Waals surface area (Å²) in [5.74, 6) is 0.232. The van der Waals surface area contributed by atoms with E-state index in [1.807, 2.05) is 12.1 Å². The van der Waals surface area contributed by atoms with Gasteiger partial charge in [-0.15, -0.1) is 11.3 Å². The molecular weight excluding hydrogens is 476 g/mol. The standard InChI is InChI=1S/C23H32N4O5S2/c1-24(2)22(29)14-19-17-32-12-11-25(19)15-20-16-26(34(30,31)23-4-3-13-33-23)9-10-27(20)18-5-7-21(28)8-6-18/h3-8,13,19-20,28H,9-12,14-17H2,1-2H3/t19-,20-/m0/s1. The Morgan fingerprint density at radius 2 is 1.91 bits per heavy atom. The van der Waals surface area contributed by atoms with Gasteiger partial charge in [-0.25, -0.2) is 8.42 Å². The summed E-state index contributed by atoms with van der Waals surface area (Å²) in [7, 11) is -0.0726. The van der Waals surface area contributed by atoms with E-state index in [0.717, 1.165) is 5.69 Å². The van der Waals surface area contributed by atoms with Crippen molar-refractivity contribution in [3.63, 3.8) is 0 Å². The summed E-state index contributed by atoms with van der Waals surface area (Å²) < 4.78 is 34.1. The van der Waals surface area contributed by atoms with Crippen LogP contribution in [-0.2, 0) is 19.6 Å². The van der Waals surface area contributed by atoms with Crippen LogP contribution in [0.25, 0.3) is 0 Å². The van der Waals surface area contributed by atoms with Gasteiger partial charge in [0.2, 0.25) is 5.91 Å². The predicted molar refractivity (Wildman–Crippen MR) is 132 cm³/mol. The van der Waals surface area contributed by atoms with E-state index in [-0.39, 0.29) is 23.7 Å². The van der Waals surface area contributed by atoms with E-state index in [4.69, 9.17) is 4.74 Å². The summed E-state index contributed by atoms with van der Waals surface area (Å²) in [5, 5.41) is 11.5. The fourth-order valence-corrected chi connectivity index (χ4v) is 7.11. The van der Waals surface area contributed by atoms with Gasteiger partial charge in [0.1, 0.15) is 9.96 Å². The number of morpholine rings is 1. The summed E-state index contributed by atoms with van der Waals surface area (Å²) in [6.45, 7) is 3.59. The van der Waals surface area contributed by atoms with Gasteiger partial charge in [0.05, 0.1) is 19.3 Å². The van der Waals surface area contributed by atoms with E-state index in [1.54, 1.807) is 52.9 Å². The van der Waals surface area contributed by atoms with Crippen LogP contribution in [0.1, 0.15) is 6.42 Å². The summed E-state index contributed by atoms with van der Waals surface area (Å²) in [6.07, 6.45) is 0.357. The first-order valence-corrected chi connectivity index (χ1v) is 13.7. The lowest BCUT2D eigenvalue weighted by Gasteiger charge is -2.46. The molecule has 1 N–H and O–H groups in total. The van der Waals surface area contributed by atoms with Gasteiger partial charge in [-0.2, -0.15) is 4.31 Å². The molecule has 2 fully saturated rings. The number of carbonyl (C=O) groups is 1. The maximum Gasteiger partial charge on any atom is 0.252 e. The van der Waals surface area contributed by atoms with Gasteiger partial charge >= 0.3 is 0 Å². The van der Waals surface area contributed by atoms with Gasteiger partial charge < -0.3 is 19.6 Å². The molecule has 2 saturated heterocycles. The van der Waals surface area contributed by atoms with Crippen LogP contribution >= 0.6 is 11.3 Å². The van der Waals surface area contributed by atoms with Gasteiger partial charge in [0.25, 0.3) is 10.0 Å². The fraction of sp³-hybridized carbons (Fsp3) is 0.522. The summed E-state index contributed by atoms with van der Waals surface area (Å²) >= 11 is 1.23. The molecule has 1 amide bonds. The Morgan fingerprint density at radius 1 is 1.15 bits per heavy atom. The number of piperazine rings is 1. The molecule has 0 saturated carbocycles. The van der Waals surface area contributed by atoms with Gasteiger partial charge in [0.15, 0.2) is 0 Å². The molecule has 4 rings (SSSR count). The molecule has 0 unspecified atom stereocenters. The maximum atomic E-state index is 13.3. The Bertz CT molecular complexity index is 1060. The third kappa shape index (κ3) is 5.55. The zero-order valence-corrected chi connectivity index (χ0v) is 21.2. The molecule has 0 aliphatic carbocycles. The number of nitrogens with zero attached hydrogens (tertiary/aromatic N) is 4. The molecule has 11 heteroatoms. The number of phenolic OH excluding ortho intramolecular Hbond substituents is 1. The van der Waals surface area contributed by atoms with Crippen molar-refractivity contribution in [3.8, 4) is 5.75 Å². The van der Waals surface area contributed by atoms with Crippen molar-refractivity contribution in [2.75, 3.05) is 64.9 Å². The number of sulfonamides is 1. The van der Waals surface area contributed by atoms with Crippen molar-refractivity contribution in [3.05, 3.63) is 41.8 Å². The third-order valence-corrected chi connectivity index (χ3v) is 9.66. The van der Waals surface area contributed by atoms with Crippen LogP contribution in [0, 0.1) is 0 Å². The number of thiophene rings is 1. The minimum Gasteiger partial charge on any atom is -0.508 e. The van der Waals surface area contributed by atoms with Gasteiger partial charge in [-0.3, -0.25) is 9.69 Å². The Morgan fingerprint density at radius 3 is 2.59 bits per heavy atom. The minimum atomic E-state index is -3.57. The van der Waals surface area contributed by atoms with E-state index < -0.39 is 10.0 Å². The second-order valence-electron chi connectivity index (χ2n) is 8.87. The average Bonchev–Trinajstić information content (AvgIpc) is 3.37. The number of phenols is 1. The number of rotatable bonds is 7. The van der Waals surface area contributed by atoms with Crippen LogP contribution in [-0.4, -0.2) is 106 Å². The first-order chi connectivity index (χ1) is 16.3. The fourth-order valence-electron chi connectivity index (χ4n) is 4.50. The largest absolute Gasteiger partial charge is 0.508 e. The molecule has 2 aromatic rings. The molecule has 1 aromatic heterocycles. The van der Waals surface area contributed by atoms with E-state index in [9.17, 15) is 18.3 Å². The molecule has 1 aromatic carbocycles. The Hall–Kier alpha value is -2.18. The quantitative estimate of drug-likeness (QED) is 0.606. The SMILES string of the molecule is CN(C)C(=O)C[C@H]1COCCN1C[C@H]1CN(S(=O)(=O)c2cccs2)CCN1c1ccc(O)cc1. The molecule has 0 bridgehead atoms. The zero-order chi connectivity index (χ0) is 24.3. The van der Waals surface area contributed by atoms with Crippen LogP contribution in [0.2, 0.25) is 0 Å². The van der Waals surface area contributed by atoms with Gasteiger partial charge in [-0.05, 0) is 35.7 Å². The highest BCUT2D eigenvalue weighted by atomic mass is 32.2. The van der Waals surface area contributed by atoms with E-state index >= 15 is 0 Å². The topological polar surface area (TPSA) is 93.6 Å². The summed E-state index contributed by atoms with van der Waals surface area (Å²) in [5.41, 5.74) is 0.935. The second kappa shape index (κ2) is 10.6. The number of carbonyl (C=O) groups excluding carboxylic acids is 1. The first-order valence-electron chi connectivity index (χ1n) is 11.4. The Labute approximate surface area is 205 Å². The average molecular weight is 509 g/mol. The first kappa shape index (κ1) is 24.9. The lowest BCUT2D eigenvalue weighted by atomic mass is 10.1. The molecule has 9 nitrogen and oxygen atoms in total.